The van der Waals surface area contributed by atoms with Crippen LogP contribution in [0.15, 0.2) is 12.1 Å². The van der Waals surface area contributed by atoms with E-state index in [-0.39, 0.29) is 17.0 Å². The van der Waals surface area contributed by atoms with Crippen LogP contribution in [-0.4, -0.2) is 6.54 Å². The molecule has 1 N–H and O–H groups in total. The minimum Gasteiger partial charge on any atom is -0.310 e. The highest BCUT2D eigenvalue weighted by molar-refractivity contribution is 5.30. The third-order valence-electron chi connectivity index (χ3n) is 3.71. The summed E-state index contributed by atoms with van der Waals surface area (Å²) in [6, 6.07) is 2.52. The lowest BCUT2D eigenvalue weighted by molar-refractivity contribution is 0.226. The van der Waals surface area contributed by atoms with E-state index in [0.29, 0.717) is 12.1 Å². The van der Waals surface area contributed by atoms with Gasteiger partial charge < -0.3 is 5.32 Å². The Kier molecular flexibility index (Phi) is 4.85. The Morgan fingerprint density at radius 1 is 1.22 bits per heavy atom. The van der Waals surface area contributed by atoms with Crippen LogP contribution in [0, 0.1) is 24.0 Å². The van der Waals surface area contributed by atoms with E-state index in [1.165, 1.54) is 12.1 Å². The highest BCUT2D eigenvalue weighted by Crippen LogP contribution is 2.38. The second-order valence-corrected chi connectivity index (χ2v) is 5.42. The molecule has 0 spiro atoms. The standard InChI is InChI=1S/C15H23F2N/c1-6-15(4,5)14(18-7-2)12-11(16)9-8-10(3)13(12)17/h8-9,14,18H,6-7H2,1-5H3. The molecule has 0 aliphatic rings. The van der Waals surface area contributed by atoms with Gasteiger partial charge >= 0.3 is 0 Å². The third-order valence-corrected chi connectivity index (χ3v) is 3.71. The molecular weight excluding hydrogens is 232 g/mol. The smallest absolute Gasteiger partial charge is 0.133 e. The Morgan fingerprint density at radius 3 is 2.33 bits per heavy atom. The van der Waals surface area contributed by atoms with Crippen molar-refractivity contribution in [3.63, 3.8) is 0 Å². The van der Waals surface area contributed by atoms with Gasteiger partial charge in [-0.25, -0.2) is 8.78 Å². The Hall–Kier alpha value is -0.960. The van der Waals surface area contributed by atoms with Crippen LogP contribution in [0.1, 0.15) is 51.3 Å². The zero-order valence-corrected chi connectivity index (χ0v) is 11.9. The molecule has 18 heavy (non-hydrogen) atoms. The van der Waals surface area contributed by atoms with Gasteiger partial charge in [-0.2, -0.15) is 0 Å². The van der Waals surface area contributed by atoms with E-state index in [1.807, 2.05) is 27.7 Å². The maximum absolute atomic E-state index is 14.2. The van der Waals surface area contributed by atoms with Gasteiger partial charge in [0, 0.05) is 11.6 Å². The number of nitrogens with one attached hydrogen (secondary N) is 1. The third kappa shape index (κ3) is 2.89. The Morgan fingerprint density at radius 2 is 1.83 bits per heavy atom. The summed E-state index contributed by atoms with van der Waals surface area (Å²) in [6.45, 7) is 10.4. The maximum Gasteiger partial charge on any atom is 0.133 e. The fraction of sp³-hybridized carbons (Fsp3) is 0.600. The van der Waals surface area contributed by atoms with Crippen LogP contribution in [0.3, 0.4) is 0 Å². The van der Waals surface area contributed by atoms with Crippen molar-refractivity contribution in [1.82, 2.24) is 5.32 Å². The van der Waals surface area contributed by atoms with Crippen LogP contribution in [0.4, 0.5) is 8.78 Å². The lowest BCUT2D eigenvalue weighted by Gasteiger charge is -2.35. The number of benzene rings is 1. The molecule has 3 heteroatoms. The number of hydrogen-bond donors (Lipinski definition) is 1. The Bertz CT molecular complexity index is 413. The first-order chi connectivity index (χ1) is 8.35. The van der Waals surface area contributed by atoms with Crippen molar-refractivity contribution in [2.75, 3.05) is 6.54 Å². The number of rotatable bonds is 5. The van der Waals surface area contributed by atoms with Crippen LogP contribution in [0.25, 0.3) is 0 Å². The van der Waals surface area contributed by atoms with E-state index in [4.69, 9.17) is 0 Å². The summed E-state index contributed by atoms with van der Waals surface area (Å²) in [6.07, 6.45) is 0.845. The highest BCUT2D eigenvalue weighted by atomic mass is 19.1. The number of aryl methyl sites for hydroxylation is 1. The summed E-state index contributed by atoms with van der Waals surface area (Å²) in [4.78, 5) is 0. The van der Waals surface area contributed by atoms with Crippen molar-refractivity contribution < 1.29 is 8.78 Å². The van der Waals surface area contributed by atoms with Gasteiger partial charge in [-0.1, -0.05) is 33.8 Å². The van der Waals surface area contributed by atoms with E-state index in [1.54, 1.807) is 6.92 Å². The van der Waals surface area contributed by atoms with Gasteiger partial charge in [0.05, 0.1) is 0 Å². The van der Waals surface area contributed by atoms with Crippen LogP contribution >= 0.6 is 0 Å². The monoisotopic (exact) mass is 255 g/mol. The zero-order chi connectivity index (χ0) is 13.9. The van der Waals surface area contributed by atoms with Crippen molar-refractivity contribution in [3.8, 4) is 0 Å². The summed E-state index contributed by atoms with van der Waals surface area (Å²) in [5, 5.41) is 3.22. The summed E-state index contributed by atoms with van der Waals surface area (Å²) >= 11 is 0. The fourth-order valence-corrected chi connectivity index (χ4v) is 2.12. The van der Waals surface area contributed by atoms with E-state index >= 15 is 0 Å². The van der Waals surface area contributed by atoms with E-state index in [2.05, 4.69) is 5.32 Å². The number of halogens is 2. The van der Waals surface area contributed by atoms with Crippen molar-refractivity contribution in [2.45, 2.75) is 47.1 Å². The molecule has 1 aromatic carbocycles. The molecule has 0 saturated heterocycles. The summed E-state index contributed by atoms with van der Waals surface area (Å²) in [7, 11) is 0. The summed E-state index contributed by atoms with van der Waals surface area (Å²) in [5.41, 5.74) is 0.454. The fourth-order valence-electron chi connectivity index (χ4n) is 2.12. The number of hydrogen-bond acceptors (Lipinski definition) is 1. The molecule has 0 fully saturated rings. The van der Waals surface area contributed by atoms with Crippen LogP contribution in [0.5, 0.6) is 0 Å². The molecule has 0 radical (unpaired) electrons. The molecule has 1 rings (SSSR count). The van der Waals surface area contributed by atoms with Gasteiger partial charge in [0.25, 0.3) is 0 Å². The van der Waals surface area contributed by atoms with Crippen LogP contribution < -0.4 is 5.32 Å². The second kappa shape index (κ2) is 5.79. The topological polar surface area (TPSA) is 12.0 Å². The predicted molar refractivity (Wildman–Crippen MR) is 71.6 cm³/mol. The average Bonchev–Trinajstić information content (AvgIpc) is 2.33. The summed E-state index contributed by atoms with van der Waals surface area (Å²) < 4.78 is 28.2. The molecule has 0 saturated carbocycles. The normalized spacial score (nSPS) is 13.7. The Labute approximate surface area is 109 Å². The molecule has 0 aliphatic heterocycles. The molecule has 0 aromatic heterocycles. The van der Waals surface area contributed by atoms with Gasteiger partial charge in [-0.3, -0.25) is 0 Å². The minimum atomic E-state index is -0.467. The van der Waals surface area contributed by atoms with E-state index in [0.717, 1.165) is 6.42 Å². The molecular formula is C15H23F2N. The SMILES string of the molecule is CCNC(c1c(F)ccc(C)c1F)C(C)(C)CC. The van der Waals surface area contributed by atoms with Crippen molar-refractivity contribution in [2.24, 2.45) is 5.41 Å². The van der Waals surface area contributed by atoms with Crippen molar-refractivity contribution in [1.29, 1.82) is 0 Å². The minimum absolute atomic E-state index is 0.170. The van der Waals surface area contributed by atoms with Gasteiger partial charge in [0.15, 0.2) is 0 Å². The first kappa shape index (κ1) is 15.1. The first-order valence-electron chi connectivity index (χ1n) is 6.53. The predicted octanol–water partition coefficient (Wildman–Crippen LogP) is 4.36. The molecule has 1 nitrogen and oxygen atoms in total. The molecule has 0 aliphatic carbocycles. The second-order valence-electron chi connectivity index (χ2n) is 5.42. The molecule has 0 amide bonds. The largest absolute Gasteiger partial charge is 0.310 e. The Balaban J connectivity index is 3.34. The molecule has 1 unspecified atom stereocenters. The molecule has 0 bridgehead atoms. The average molecular weight is 255 g/mol. The van der Waals surface area contributed by atoms with Crippen LogP contribution in [-0.2, 0) is 0 Å². The van der Waals surface area contributed by atoms with Crippen molar-refractivity contribution in [3.05, 3.63) is 34.9 Å². The van der Waals surface area contributed by atoms with Gasteiger partial charge in [0.1, 0.15) is 11.6 Å². The summed E-state index contributed by atoms with van der Waals surface area (Å²) in [5.74, 6) is -0.895. The molecule has 0 heterocycles. The van der Waals surface area contributed by atoms with Gasteiger partial charge in [-0.15, -0.1) is 0 Å². The maximum atomic E-state index is 14.2. The molecule has 102 valence electrons. The highest BCUT2D eigenvalue weighted by Gasteiger charge is 2.33. The van der Waals surface area contributed by atoms with Gasteiger partial charge in [-0.05, 0) is 36.9 Å². The lowest BCUT2D eigenvalue weighted by atomic mass is 9.77. The molecule has 1 aromatic rings. The molecule has 1 atom stereocenters. The zero-order valence-electron chi connectivity index (χ0n) is 11.9. The quantitative estimate of drug-likeness (QED) is 0.824. The van der Waals surface area contributed by atoms with Crippen molar-refractivity contribution >= 4 is 0 Å². The van der Waals surface area contributed by atoms with Gasteiger partial charge in [0.2, 0.25) is 0 Å². The lowest BCUT2D eigenvalue weighted by Crippen LogP contribution is -2.35. The van der Waals surface area contributed by atoms with E-state index < -0.39 is 11.6 Å². The van der Waals surface area contributed by atoms with E-state index in [9.17, 15) is 8.78 Å². The first-order valence-corrected chi connectivity index (χ1v) is 6.53. The van der Waals surface area contributed by atoms with Crippen LogP contribution in [0.2, 0.25) is 0 Å².